The minimum absolute atomic E-state index is 0. The maximum absolute atomic E-state index is 6.35. The summed E-state index contributed by atoms with van der Waals surface area (Å²) in [6, 6.07) is 6.08. The third-order valence-corrected chi connectivity index (χ3v) is 5.22. The lowest BCUT2D eigenvalue weighted by Crippen LogP contribution is -2.34. The van der Waals surface area contributed by atoms with Crippen molar-refractivity contribution >= 4 is 35.0 Å². The number of nitrogens with zero attached hydrogens (tertiary/aromatic N) is 2. The van der Waals surface area contributed by atoms with Gasteiger partial charge in [0.05, 0.1) is 11.1 Å². The van der Waals surface area contributed by atoms with E-state index < -0.39 is 5.54 Å². The Kier molecular flexibility index (Phi) is 4.71. The standard InChI is InChI=1S/C14H16IN3O.ClH/c1-9-5-4-6-10(11(9)15)12-17-13(18-19-12)14(16)7-2-3-8-14;/h4-6H,2-3,7-8,16H2,1H3;1H. The zero-order chi connectivity index (χ0) is 13.5. The van der Waals surface area contributed by atoms with E-state index in [9.17, 15) is 0 Å². The predicted octanol–water partition coefficient (Wildman–Crippen LogP) is 3.80. The van der Waals surface area contributed by atoms with Crippen LogP contribution < -0.4 is 5.73 Å². The van der Waals surface area contributed by atoms with E-state index in [2.05, 4.69) is 45.7 Å². The van der Waals surface area contributed by atoms with Crippen LogP contribution in [0.1, 0.15) is 37.1 Å². The fourth-order valence-electron chi connectivity index (χ4n) is 2.58. The quantitative estimate of drug-likeness (QED) is 0.772. The van der Waals surface area contributed by atoms with E-state index in [4.69, 9.17) is 10.3 Å². The summed E-state index contributed by atoms with van der Waals surface area (Å²) in [6.07, 6.45) is 4.17. The molecule has 3 rings (SSSR count). The molecule has 0 bridgehead atoms. The molecule has 1 heterocycles. The molecule has 2 N–H and O–H groups in total. The molecule has 4 nitrogen and oxygen atoms in total. The molecule has 20 heavy (non-hydrogen) atoms. The molecule has 0 saturated heterocycles. The van der Waals surface area contributed by atoms with Crippen LogP contribution in [0.4, 0.5) is 0 Å². The van der Waals surface area contributed by atoms with Gasteiger partial charge in [0.15, 0.2) is 5.82 Å². The molecule has 1 aliphatic carbocycles. The SMILES string of the molecule is Cc1cccc(-c2nc(C3(N)CCCC3)no2)c1I.Cl. The average Bonchev–Trinajstić information content (AvgIpc) is 3.02. The van der Waals surface area contributed by atoms with Gasteiger partial charge < -0.3 is 10.3 Å². The smallest absolute Gasteiger partial charge is 0.259 e. The number of hydrogen-bond acceptors (Lipinski definition) is 4. The first kappa shape index (κ1) is 15.7. The summed E-state index contributed by atoms with van der Waals surface area (Å²) in [6.45, 7) is 2.07. The number of halogens is 2. The zero-order valence-electron chi connectivity index (χ0n) is 11.2. The molecular weight excluding hydrogens is 389 g/mol. The van der Waals surface area contributed by atoms with E-state index in [0.717, 1.165) is 34.8 Å². The minimum Gasteiger partial charge on any atom is -0.334 e. The fourth-order valence-corrected chi connectivity index (χ4v) is 3.17. The van der Waals surface area contributed by atoms with Gasteiger partial charge in [-0.3, -0.25) is 0 Å². The third kappa shape index (κ3) is 2.71. The number of aromatic nitrogens is 2. The van der Waals surface area contributed by atoms with Crippen LogP contribution >= 0.6 is 35.0 Å². The molecule has 1 fully saturated rings. The summed E-state index contributed by atoms with van der Waals surface area (Å²) in [5, 5.41) is 4.10. The van der Waals surface area contributed by atoms with Crippen LogP contribution in [-0.2, 0) is 5.54 Å². The molecule has 0 spiro atoms. The number of benzene rings is 1. The van der Waals surface area contributed by atoms with Crippen molar-refractivity contribution in [1.82, 2.24) is 10.1 Å². The summed E-state index contributed by atoms with van der Waals surface area (Å²) in [5.41, 5.74) is 8.16. The van der Waals surface area contributed by atoms with Gasteiger partial charge in [-0.25, -0.2) is 0 Å². The molecule has 0 amide bonds. The summed E-state index contributed by atoms with van der Waals surface area (Å²) >= 11 is 2.31. The van der Waals surface area contributed by atoms with E-state index in [1.54, 1.807) is 0 Å². The molecule has 1 aliphatic rings. The van der Waals surface area contributed by atoms with Crippen molar-refractivity contribution in [3.05, 3.63) is 33.2 Å². The lowest BCUT2D eigenvalue weighted by Gasteiger charge is -2.17. The lowest BCUT2D eigenvalue weighted by molar-refractivity contribution is 0.372. The monoisotopic (exact) mass is 405 g/mol. The topological polar surface area (TPSA) is 64.9 Å². The Morgan fingerprint density at radius 1 is 1.30 bits per heavy atom. The lowest BCUT2D eigenvalue weighted by atomic mass is 9.98. The second-order valence-corrected chi connectivity index (χ2v) is 6.30. The Morgan fingerprint density at radius 3 is 2.70 bits per heavy atom. The van der Waals surface area contributed by atoms with Crippen molar-refractivity contribution < 1.29 is 4.52 Å². The van der Waals surface area contributed by atoms with Crippen LogP contribution in [0.25, 0.3) is 11.5 Å². The molecule has 0 radical (unpaired) electrons. The molecule has 6 heteroatoms. The average molecular weight is 406 g/mol. The molecule has 108 valence electrons. The Balaban J connectivity index is 0.00000147. The third-order valence-electron chi connectivity index (χ3n) is 3.79. The molecular formula is C14H17ClIN3O. The molecule has 1 aromatic carbocycles. The van der Waals surface area contributed by atoms with E-state index >= 15 is 0 Å². The van der Waals surface area contributed by atoms with Gasteiger partial charge in [-0.1, -0.05) is 30.1 Å². The number of rotatable bonds is 2. The second-order valence-electron chi connectivity index (χ2n) is 5.22. The fraction of sp³-hybridized carbons (Fsp3) is 0.429. The Morgan fingerprint density at radius 2 is 2.00 bits per heavy atom. The van der Waals surface area contributed by atoms with Crippen molar-refractivity contribution in [1.29, 1.82) is 0 Å². The van der Waals surface area contributed by atoms with Gasteiger partial charge in [-0.15, -0.1) is 12.4 Å². The first-order chi connectivity index (χ1) is 9.10. The van der Waals surface area contributed by atoms with Gasteiger partial charge >= 0.3 is 0 Å². The molecule has 0 atom stereocenters. The van der Waals surface area contributed by atoms with Crippen molar-refractivity contribution in [2.45, 2.75) is 38.1 Å². The summed E-state index contributed by atoms with van der Waals surface area (Å²) in [4.78, 5) is 4.53. The van der Waals surface area contributed by atoms with Crippen LogP contribution in [0, 0.1) is 10.5 Å². The maximum Gasteiger partial charge on any atom is 0.259 e. The number of hydrogen-bond donors (Lipinski definition) is 1. The van der Waals surface area contributed by atoms with Crippen LogP contribution in [-0.4, -0.2) is 10.1 Å². The Bertz CT molecular complexity index is 608. The van der Waals surface area contributed by atoms with E-state index in [1.807, 2.05) is 12.1 Å². The van der Waals surface area contributed by atoms with Crippen LogP contribution in [0.5, 0.6) is 0 Å². The van der Waals surface area contributed by atoms with Crippen molar-refractivity contribution in [2.24, 2.45) is 5.73 Å². The van der Waals surface area contributed by atoms with E-state index in [0.29, 0.717) is 11.7 Å². The molecule has 1 saturated carbocycles. The highest BCUT2D eigenvalue weighted by Crippen LogP contribution is 2.36. The highest BCUT2D eigenvalue weighted by Gasteiger charge is 2.36. The van der Waals surface area contributed by atoms with Crippen LogP contribution in [0.2, 0.25) is 0 Å². The van der Waals surface area contributed by atoms with Gasteiger partial charge in [0, 0.05) is 3.57 Å². The maximum atomic E-state index is 6.35. The molecule has 0 aliphatic heterocycles. The van der Waals surface area contributed by atoms with Gasteiger partial charge in [0.2, 0.25) is 0 Å². The molecule has 0 unspecified atom stereocenters. The predicted molar refractivity (Wildman–Crippen MR) is 88.8 cm³/mol. The van der Waals surface area contributed by atoms with Crippen LogP contribution in [0.15, 0.2) is 22.7 Å². The molecule has 1 aromatic heterocycles. The highest BCUT2D eigenvalue weighted by atomic mass is 127. The first-order valence-corrected chi connectivity index (χ1v) is 7.57. The van der Waals surface area contributed by atoms with E-state index in [1.165, 1.54) is 5.56 Å². The number of aryl methyl sites for hydroxylation is 1. The Hall–Kier alpha value is -0.660. The summed E-state index contributed by atoms with van der Waals surface area (Å²) in [7, 11) is 0. The summed E-state index contributed by atoms with van der Waals surface area (Å²) < 4.78 is 6.56. The van der Waals surface area contributed by atoms with Crippen molar-refractivity contribution in [2.75, 3.05) is 0 Å². The first-order valence-electron chi connectivity index (χ1n) is 6.49. The molecule has 2 aromatic rings. The van der Waals surface area contributed by atoms with Gasteiger partial charge in [-0.2, -0.15) is 4.98 Å². The van der Waals surface area contributed by atoms with Crippen molar-refractivity contribution in [3.8, 4) is 11.5 Å². The van der Waals surface area contributed by atoms with Crippen LogP contribution in [0.3, 0.4) is 0 Å². The van der Waals surface area contributed by atoms with Crippen molar-refractivity contribution in [3.63, 3.8) is 0 Å². The highest BCUT2D eigenvalue weighted by molar-refractivity contribution is 14.1. The largest absolute Gasteiger partial charge is 0.334 e. The van der Waals surface area contributed by atoms with Gasteiger partial charge in [-0.05, 0) is 54.0 Å². The summed E-state index contributed by atoms with van der Waals surface area (Å²) in [5.74, 6) is 1.22. The Labute approximate surface area is 138 Å². The van der Waals surface area contributed by atoms with Gasteiger partial charge in [0.25, 0.3) is 5.89 Å². The number of nitrogens with two attached hydrogens (primary N) is 1. The minimum atomic E-state index is -0.392. The van der Waals surface area contributed by atoms with Gasteiger partial charge in [0.1, 0.15) is 0 Å². The second kappa shape index (κ2) is 5.99. The normalized spacial score (nSPS) is 16.9. The zero-order valence-corrected chi connectivity index (χ0v) is 14.2. The van der Waals surface area contributed by atoms with E-state index in [-0.39, 0.29) is 12.4 Å².